The van der Waals surface area contributed by atoms with E-state index in [1.165, 1.54) is 24.8 Å². The third-order valence-electron chi connectivity index (χ3n) is 4.16. The van der Waals surface area contributed by atoms with E-state index in [0.29, 0.717) is 6.04 Å². The molecular formula is C16H27N3O. The Balaban J connectivity index is 2.11. The molecule has 2 atom stereocenters. The highest BCUT2D eigenvalue weighted by molar-refractivity contribution is 5.41. The Hall–Kier alpha value is -1.13. The van der Waals surface area contributed by atoms with Crippen molar-refractivity contribution < 1.29 is 5.11 Å². The van der Waals surface area contributed by atoms with Gasteiger partial charge in [0.05, 0.1) is 12.6 Å². The average molecular weight is 277 g/mol. The van der Waals surface area contributed by atoms with Crippen molar-refractivity contribution in [2.45, 2.75) is 51.6 Å². The Morgan fingerprint density at radius 1 is 1.40 bits per heavy atom. The van der Waals surface area contributed by atoms with Crippen LogP contribution in [0.15, 0.2) is 18.3 Å². The van der Waals surface area contributed by atoms with Gasteiger partial charge in [0.2, 0.25) is 0 Å². The van der Waals surface area contributed by atoms with E-state index in [2.05, 4.69) is 41.2 Å². The molecule has 1 aliphatic heterocycles. The van der Waals surface area contributed by atoms with Crippen LogP contribution in [0.3, 0.4) is 0 Å². The number of hydrogen-bond donors (Lipinski definition) is 2. The van der Waals surface area contributed by atoms with Crippen molar-refractivity contribution in [1.82, 2.24) is 10.3 Å². The van der Waals surface area contributed by atoms with E-state index in [1.54, 1.807) is 0 Å². The molecule has 2 unspecified atom stereocenters. The minimum Gasteiger partial charge on any atom is -0.394 e. The van der Waals surface area contributed by atoms with Crippen molar-refractivity contribution in [3.05, 3.63) is 23.9 Å². The molecule has 2 N–H and O–H groups in total. The third kappa shape index (κ3) is 3.70. The standard InChI is InChI=1S/C16H27N3O/c1-3-17-13(2)14-8-9-16(18-11-14)19-10-6-4-5-7-15(19)12-20/h8-9,11,13,15,17,20H,3-7,10,12H2,1-2H3. The van der Waals surface area contributed by atoms with Crippen LogP contribution in [0.25, 0.3) is 0 Å². The zero-order valence-corrected chi connectivity index (χ0v) is 12.7. The third-order valence-corrected chi connectivity index (χ3v) is 4.16. The van der Waals surface area contributed by atoms with Crippen LogP contribution >= 0.6 is 0 Å². The van der Waals surface area contributed by atoms with Gasteiger partial charge in [0, 0.05) is 18.8 Å². The van der Waals surface area contributed by atoms with E-state index in [1.807, 2.05) is 6.20 Å². The lowest BCUT2D eigenvalue weighted by atomic mass is 10.1. The predicted molar refractivity (Wildman–Crippen MR) is 83.0 cm³/mol. The molecule has 0 radical (unpaired) electrons. The highest BCUT2D eigenvalue weighted by Crippen LogP contribution is 2.23. The summed E-state index contributed by atoms with van der Waals surface area (Å²) in [5, 5.41) is 13.0. The van der Waals surface area contributed by atoms with E-state index in [9.17, 15) is 5.11 Å². The summed E-state index contributed by atoms with van der Waals surface area (Å²) < 4.78 is 0. The molecule has 2 heterocycles. The van der Waals surface area contributed by atoms with Gasteiger partial charge in [-0.25, -0.2) is 4.98 Å². The first-order chi connectivity index (χ1) is 9.76. The second-order valence-electron chi connectivity index (χ2n) is 5.61. The van der Waals surface area contributed by atoms with Crippen LogP contribution in [-0.4, -0.2) is 35.8 Å². The van der Waals surface area contributed by atoms with Crippen LogP contribution in [0.5, 0.6) is 0 Å². The second kappa shape index (κ2) is 7.60. The number of pyridine rings is 1. The first-order valence-corrected chi connectivity index (χ1v) is 7.83. The van der Waals surface area contributed by atoms with Gasteiger partial charge in [-0.1, -0.05) is 25.8 Å². The van der Waals surface area contributed by atoms with E-state index in [-0.39, 0.29) is 12.6 Å². The molecule has 112 valence electrons. The number of aliphatic hydroxyl groups excluding tert-OH is 1. The van der Waals surface area contributed by atoms with Gasteiger partial charge in [0.15, 0.2) is 0 Å². The van der Waals surface area contributed by atoms with Crippen molar-refractivity contribution in [3.63, 3.8) is 0 Å². The number of nitrogens with zero attached hydrogens (tertiary/aromatic N) is 2. The number of anilines is 1. The predicted octanol–water partition coefficient (Wildman–Crippen LogP) is 2.49. The minimum absolute atomic E-state index is 0.219. The van der Waals surface area contributed by atoms with Crippen LogP contribution in [0.2, 0.25) is 0 Å². The summed E-state index contributed by atoms with van der Waals surface area (Å²) in [5.41, 5.74) is 1.21. The lowest BCUT2D eigenvalue weighted by molar-refractivity contribution is 0.254. The lowest BCUT2D eigenvalue weighted by Gasteiger charge is -2.30. The van der Waals surface area contributed by atoms with Gasteiger partial charge in [-0.2, -0.15) is 0 Å². The molecule has 0 spiro atoms. The van der Waals surface area contributed by atoms with Gasteiger partial charge in [0.1, 0.15) is 5.82 Å². The lowest BCUT2D eigenvalue weighted by Crippen LogP contribution is -2.38. The average Bonchev–Trinajstić information content (AvgIpc) is 2.72. The minimum atomic E-state index is 0.219. The van der Waals surface area contributed by atoms with Crippen molar-refractivity contribution in [1.29, 1.82) is 0 Å². The number of nitrogens with one attached hydrogen (secondary N) is 1. The molecule has 1 aliphatic rings. The van der Waals surface area contributed by atoms with Gasteiger partial charge in [-0.15, -0.1) is 0 Å². The molecule has 1 fully saturated rings. The normalized spacial score (nSPS) is 21.6. The molecule has 2 rings (SSSR count). The summed E-state index contributed by atoms with van der Waals surface area (Å²) in [6.07, 6.45) is 6.67. The van der Waals surface area contributed by atoms with E-state index < -0.39 is 0 Å². The van der Waals surface area contributed by atoms with Crippen molar-refractivity contribution in [2.24, 2.45) is 0 Å². The molecule has 0 saturated carbocycles. The Bertz CT molecular complexity index is 393. The van der Waals surface area contributed by atoms with E-state index >= 15 is 0 Å². The number of hydrogen-bond acceptors (Lipinski definition) is 4. The topological polar surface area (TPSA) is 48.4 Å². The summed E-state index contributed by atoms with van der Waals surface area (Å²) >= 11 is 0. The largest absolute Gasteiger partial charge is 0.394 e. The number of aromatic nitrogens is 1. The molecule has 1 aromatic heterocycles. The zero-order valence-electron chi connectivity index (χ0n) is 12.7. The van der Waals surface area contributed by atoms with Crippen LogP contribution < -0.4 is 10.2 Å². The summed E-state index contributed by atoms with van der Waals surface area (Å²) in [7, 11) is 0. The molecule has 1 aromatic rings. The van der Waals surface area contributed by atoms with Gasteiger partial charge in [-0.3, -0.25) is 0 Å². The Kier molecular flexibility index (Phi) is 5.80. The molecule has 0 aromatic carbocycles. The number of aliphatic hydroxyl groups is 1. The Morgan fingerprint density at radius 2 is 2.25 bits per heavy atom. The maximum atomic E-state index is 9.58. The summed E-state index contributed by atoms with van der Waals surface area (Å²) in [6.45, 7) is 6.45. The first kappa shape index (κ1) is 15.3. The van der Waals surface area contributed by atoms with Crippen molar-refractivity contribution in [3.8, 4) is 0 Å². The van der Waals surface area contributed by atoms with Gasteiger partial charge in [0.25, 0.3) is 0 Å². The van der Waals surface area contributed by atoms with Crippen LogP contribution in [0, 0.1) is 0 Å². The molecular weight excluding hydrogens is 250 g/mol. The van der Waals surface area contributed by atoms with Crippen LogP contribution in [-0.2, 0) is 0 Å². The van der Waals surface area contributed by atoms with Crippen molar-refractivity contribution in [2.75, 3.05) is 24.6 Å². The molecule has 0 amide bonds. The fourth-order valence-electron chi connectivity index (χ4n) is 2.92. The molecule has 1 saturated heterocycles. The molecule has 4 heteroatoms. The molecule has 4 nitrogen and oxygen atoms in total. The van der Waals surface area contributed by atoms with Gasteiger partial charge >= 0.3 is 0 Å². The molecule has 20 heavy (non-hydrogen) atoms. The highest BCUT2D eigenvalue weighted by Gasteiger charge is 2.21. The fourth-order valence-corrected chi connectivity index (χ4v) is 2.92. The fraction of sp³-hybridized carbons (Fsp3) is 0.688. The second-order valence-corrected chi connectivity index (χ2v) is 5.61. The smallest absolute Gasteiger partial charge is 0.128 e. The molecule has 0 bridgehead atoms. The van der Waals surface area contributed by atoms with Crippen molar-refractivity contribution >= 4 is 5.82 Å². The number of rotatable bonds is 5. The monoisotopic (exact) mass is 277 g/mol. The molecule has 0 aliphatic carbocycles. The summed E-state index contributed by atoms with van der Waals surface area (Å²) in [5.74, 6) is 0.999. The quantitative estimate of drug-likeness (QED) is 0.868. The summed E-state index contributed by atoms with van der Waals surface area (Å²) in [4.78, 5) is 6.89. The highest BCUT2D eigenvalue weighted by atomic mass is 16.3. The van der Waals surface area contributed by atoms with Crippen LogP contribution in [0.4, 0.5) is 5.82 Å². The van der Waals surface area contributed by atoms with E-state index in [4.69, 9.17) is 0 Å². The van der Waals surface area contributed by atoms with Crippen LogP contribution in [0.1, 0.15) is 51.1 Å². The van der Waals surface area contributed by atoms with Gasteiger partial charge < -0.3 is 15.3 Å². The first-order valence-electron chi connectivity index (χ1n) is 7.83. The Labute approximate surface area is 122 Å². The van der Waals surface area contributed by atoms with Gasteiger partial charge in [-0.05, 0) is 37.9 Å². The Morgan fingerprint density at radius 3 is 2.90 bits per heavy atom. The van der Waals surface area contributed by atoms with E-state index in [0.717, 1.165) is 25.3 Å². The summed E-state index contributed by atoms with van der Waals surface area (Å²) in [6, 6.07) is 4.80. The SMILES string of the molecule is CCNC(C)c1ccc(N2CCCCCC2CO)nc1. The zero-order chi connectivity index (χ0) is 14.4. The maximum absolute atomic E-state index is 9.58. The maximum Gasteiger partial charge on any atom is 0.128 e.